The molecule has 1 aromatic carbocycles. The highest BCUT2D eigenvalue weighted by Crippen LogP contribution is 2.29. The number of benzene rings is 1. The third-order valence-corrected chi connectivity index (χ3v) is 5.73. The van der Waals surface area contributed by atoms with E-state index in [-0.39, 0.29) is 6.04 Å². The van der Waals surface area contributed by atoms with Gasteiger partial charge in [0.15, 0.2) is 0 Å². The SMILES string of the molecule is CCn1nc(C)c(Br)c1CC(N)c1cc(Br)ccc1I. The summed E-state index contributed by atoms with van der Waals surface area (Å²) in [6, 6.07) is 6.17. The zero-order valence-corrected chi connectivity index (χ0v) is 16.7. The van der Waals surface area contributed by atoms with Gasteiger partial charge in [-0.05, 0) is 76.1 Å². The molecule has 3 nitrogen and oxygen atoms in total. The Balaban J connectivity index is 2.32. The topological polar surface area (TPSA) is 43.8 Å². The van der Waals surface area contributed by atoms with E-state index in [2.05, 4.69) is 78.6 Å². The summed E-state index contributed by atoms with van der Waals surface area (Å²) in [5.41, 5.74) is 9.74. The summed E-state index contributed by atoms with van der Waals surface area (Å²) >= 11 is 9.47. The van der Waals surface area contributed by atoms with Crippen LogP contribution in [-0.4, -0.2) is 9.78 Å². The average Bonchev–Trinajstić information content (AvgIpc) is 2.69. The van der Waals surface area contributed by atoms with Crippen LogP contribution in [0, 0.1) is 10.5 Å². The maximum atomic E-state index is 6.41. The van der Waals surface area contributed by atoms with Gasteiger partial charge in [-0.25, -0.2) is 0 Å². The lowest BCUT2D eigenvalue weighted by Crippen LogP contribution is -2.17. The minimum absolute atomic E-state index is 0.0444. The van der Waals surface area contributed by atoms with Crippen molar-refractivity contribution in [1.82, 2.24) is 9.78 Å². The Hall–Kier alpha value is 0.0800. The predicted octanol–water partition coefficient (Wildman–Crippen LogP) is 4.58. The van der Waals surface area contributed by atoms with E-state index in [4.69, 9.17) is 5.73 Å². The summed E-state index contributed by atoms with van der Waals surface area (Å²) in [4.78, 5) is 0. The van der Waals surface area contributed by atoms with E-state index in [0.717, 1.165) is 38.9 Å². The van der Waals surface area contributed by atoms with E-state index < -0.39 is 0 Å². The molecule has 108 valence electrons. The van der Waals surface area contributed by atoms with Gasteiger partial charge >= 0.3 is 0 Å². The highest BCUT2D eigenvalue weighted by atomic mass is 127. The van der Waals surface area contributed by atoms with E-state index >= 15 is 0 Å². The van der Waals surface area contributed by atoms with E-state index in [1.54, 1.807) is 0 Å². The molecule has 6 heteroatoms. The fourth-order valence-electron chi connectivity index (χ4n) is 2.18. The second-order valence-corrected chi connectivity index (χ2v) is 7.51. The van der Waals surface area contributed by atoms with Gasteiger partial charge < -0.3 is 5.73 Å². The Kier molecular flexibility index (Phi) is 5.67. The number of aromatic nitrogens is 2. The first-order chi connectivity index (χ1) is 9.43. The van der Waals surface area contributed by atoms with E-state index in [1.807, 2.05) is 17.7 Å². The van der Waals surface area contributed by atoms with Crippen LogP contribution >= 0.6 is 54.5 Å². The van der Waals surface area contributed by atoms with Crippen LogP contribution in [0.15, 0.2) is 27.1 Å². The third kappa shape index (κ3) is 3.45. The summed E-state index contributed by atoms with van der Waals surface area (Å²) in [5.74, 6) is 0. The molecule has 2 aromatic rings. The zero-order chi connectivity index (χ0) is 14.9. The van der Waals surface area contributed by atoms with Gasteiger partial charge in [0.05, 0.1) is 15.9 Å². The smallest absolute Gasteiger partial charge is 0.0738 e. The Morgan fingerprint density at radius 3 is 2.75 bits per heavy atom. The molecule has 1 aromatic heterocycles. The van der Waals surface area contributed by atoms with E-state index in [0.29, 0.717) is 0 Å². The zero-order valence-electron chi connectivity index (χ0n) is 11.3. The lowest BCUT2D eigenvalue weighted by Gasteiger charge is -2.15. The van der Waals surface area contributed by atoms with Crippen molar-refractivity contribution < 1.29 is 0 Å². The van der Waals surface area contributed by atoms with Crippen LogP contribution in [0.5, 0.6) is 0 Å². The highest BCUT2D eigenvalue weighted by molar-refractivity contribution is 14.1. The predicted molar refractivity (Wildman–Crippen MR) is 97.8 cm³/mol. The first-order valence-corrected chi connectivity index (χ1v) is 9.02. The van der Waals surface area contributed by atoms with Crippen molar-refractivity contribution >= 4 is 54.5 Å². The molecule has 20 heavy (non-hydrogen) atoms. The number of hydrogen-bond donors (Lipinski definition) is 1. The summed E-state index contributed by atoms with van der Waals surface area (Å²) in [6.07, 6.45) is 0.766. The van der Waals surface area contributed by atoms with Gasteiger partial charge in [0.1, 0.15) is 0 Å². The molecule has 0 saturated carbocycles. The first kappa shape index (κ1) is 16.5. The molecule has 0 saturated heterocycles. The number of hydrogen-bond acceptors (Lipinski definition) is 2. The molecule has 0 amide bonds. The minimum atomic E-state index is -0.0444. The molecule has 0 aliphatic carbocycles. The van der Waals surface area contributed by atoms with Crippen molar-refractivity contribution in [2.24, 2.45) is 5.73 Å². The van der Waals surface area contributed by atoms with Gasteiger partial charge in [0, 0.05) is 27.1 Å². The quantitative estimate of drug-likeness (QED) is 0.609. The number of nitrogens with two attached hydrogens (primary N) is 1. The Labute approximate surface area is 149 Å². The fraction of sp³-hybridized carbons (Fsp3) is 0.357. The molecular formula is C14H16Br2IN3. The van der Waals surface area contributed by atoms with Crippen molar-refractivity contribution in [2.75, 3.05) is 0 Å². The fourth-order valence-corrected chi connectivity index (χ4v) is 3.74. The minimum Gasteiger partial charge on any atom is -0.324 e. The molecule has 2 N–H and O–H groups in total. The second kappa shape index (κ2) is 6.89. The van der Waals surface area contributed by atoms with Crippen LogP contribution in [-0.2, 0) is 13.0 Å². The van der Waals surface area contributed by atoms with Gasteiger partial charge in [-0.15, -0.1) is 0 Å². The van der Waals surface area contributed by atoms with Crippen LogP contribution in [0.25, 0.3) is 0 Å². The summed E-state index contributed by atoms with van der Waals surface area (Å²) in [6.45, 7) is 4.95. The van der Waals surface area contributed by atoms with Gasteiger partial charge in [-0.3, -0.25) is 4.68 Å². The largest absolute Gasteiger partial charge is 0.324 e. The van der Waals surface area contributed by atoms with Crippen LogP contribution in [0.4, 0.5) is 0 Å². The van der Waals surface area contributed by atoms with E-state index in [1.165, 1.54) is 3.57 Å². The number of aryl methyl sites for hydroxylation is 2. The summed E-state index contributed by atoms with van der Waals surface area (Å²) < 4.78 is 5.33. The Morgan fingerprint density at radius 1 is 1.40 bits per heavy atom. The highest BCUT2D eigenvalue weighted by Gasteiger charge is 2.18. The maximum absolute atomic E-state index is 6.41. The van der Waals surface area contributed by atoms with Crippen molar-refractivity contribution in [3.8, 4) is 0 Å². The number of nitrogens with zero attached hydrogens (tertiary/aromatic N) is 2. The normalized spacial score (nSPS) is 12.7. The lowest BCUT2D eigenvalue weighted by atomic mass is 10.0. The van der Waals surface area contributed by atoms with Crippen molar-refractivity contribution in [1.29, 1.82) is 0 Å². The van der Waals surface area contributed by atoms with Gasteiger partial charge in [-0.1, -0.05) is 15.9 Å². The Morgan fingerprint density at radius 2 is 2.10 bits per heavy atom. The maximum Gasteiger partial charge on any atom is 0.0738 e. The molecular weight excluding hydrogens is 497 g/mol. The third-order valence-electron chi connectivity index (χ3n) is 3.22. The molecule has 0 aliphatic rings. The number of rotatable bonds is 4. The molecule has 0 radical (unpaired) electrons. The van der Waals surface area contributed by atoms with Crippen molar-refractivity contribution in [3.05, 3.63) is 47.7 Å². The van der Waals surface area contributed by atoms with E-state index in [9.17, 15) is 0 Å². The molecule has 0 spiro atoms. The Bertz CT molecular complexity index is 625. The van der Waals surface area contributed by atoms with Crippen LogP contribution in [0.1, 0.15) is 29.9 Å². The number of halogens is 3. The average molecular weight is 513 g/mol. The summed E-state index contributed by atoms with van der Waals surface area (Å²) in [5, 5.41) is 4.52. The van der Waals surface area contributed by atoms with Crippen molar-refractivity contribution in [3.63, 3.8) is 0 Å². The lowest BCUT2D eigenvalue weighted by molar-refractivity contribution is 0.585. The van der Waals surface area contributed by atoms with Gasteiger partial charge in [0.2, 0.25) is 0 Å². The molecule has 1 unspecified atom stereocenters. The molecule has 0 bridgehead atoms. The van der Waals surface area contributed by atoms with Crippen LogP contribution in [0.2, 0.25) is 0 Å². The van der Waals surface area contributed by atoms with Crippen molar-refractivity contribution in [2.45, 2.75) is 32.9 Å². The molecule has 1 atom stereocenters. The summed E-state index contributed by atoms with van der Waals surface area (Å²) in [7, 11) is 0. The van der Waals surface area contributed by atoms with Crippen LogP contribution < -0.4 is 5.73 Å². The molecule has 2 rings (SSSR count). The molecule has 0 aliphatic heterocycles. The standard InChI is InChI=1S/C14H16Br2IN3/c1-3-20-13(14(16)8(2)19-20)7-12(18)10-6-9(15)4-5-11(10)17/h4-6,12H,3,7,18H2,1-2H3. The van der Waals surface area contributed by atoms with Crippen LogP contribution in [0.3, 0.4) is 0 Å². The first-order valence-electron chi connectivity index (χ1n) is 6.36. The molecule has 0 fully saturated rings. The van der Waals surface area contributed by atoms with Gasteiger partial charge in [-0.2, -0.15) is 5.10 Å². The van der Waals surface area contributed by atoms with Gasteiger partial charge in [0.25, 0.3) is 0 Å². The monoisotopic (exact) mass is 511 g/mol. The molecule has 1 heterocycles. The second-order valence-electron chi connectivity index (χ2n) is 4.64.